The van der Waals surface area contributed by atoms with Gasteiger partial charge in [-0.2, -0.15) is 0 Å². The average Bonchev–Trinajstić information content (AvgIpc) is 3.20. The lowest BCUT2D eigenvalue weighted by molar-refractivity contribution is -0.148. The maximum atomic E-state index is 14.1. The summed E-state index contributed by atoms with van der Waals surface area (Å²) in [5, 5.41) is 15.4. The summed E-state index contributed by atoms with van der Waals surface area (Å²) < 4.78 is 14.1. The predicted molar refractivity (Wildman–Crippen MR) is 130 cm³/mol. The molecule has 2 heterocycles. The van der Waals surface area contributed by atoms with E-state index in [1.54, 1.807) is 12.1 Å². The normalized spacial score (nSPS) is 19.0. The van der Waals surface area contributed by atoms with Crippen LogP contribution in [-0.4, -0.2) is 81.0 Å². The molecule has 0 radical (unpaired) electrons. The Labute approximate surface area is 210 Å². The Morgan fingerprint density at radius 2 is 1.69 bits per heavy atom. The molecule has 3 rings (SSSR count). The monoisotopic (exact) mass is 505 g/mol. The molecule has 2 aliphatic rings. The van der Waals surface area contributed by atoms with E-state index in [9.17, 15) is 28.7 Å². The molecule has 1 saturated heterocycles. The van der Waals surface area contributed by atoms with Crippen LogP contribution in [0.2, 0.25) is 0 Å². The van der Waals surface area contributed by atoms with E-state index in [4.69, 9.17) is 0 Å². The number of carboxylic acid groups (broad SMARTS) is 1. The number of piperazine rings is 1. The first-order chi connectivity index (χ1) is 16.6. The van der Waals surface area contributed by atoms with Crippen LogP contribution in [0.3, 0.4) is 0 Å². The van der Waals surface area contributed by atoms with E-state index in [0.29, 0.717) is 11.1 Å². The van der Waals surface area contributed by atoms with E-state index in [-0.39, 0.29) is 32.7 Å². The summed E-state index contributed by atoms with van der Waals surface area (Å²) in [4.78, 5) is 55.4. The van der Waals surface area contributed by atoms with E-state index in [0.717, 1.165) is 0 Å². The van der Waals surface area contributed by atoms with Gasteiger partial charge in [0.2, 0.25) is 5.91 Å². The second-order valence-corrected chi connectivity index (χ2v) is 11.5. The maximum absolute atomic E-state index is 14.1. The zero-order valence-electron chi connectivity index (χ0n) is 21.7. The Hall–Kier alpha value is -3.37. The first-order valence-corrected chi connectivity index (χ1v) is 12.0. The topological polar surface area (TPSA) is 122 Å². The van der Waals surface area contributed by atoms with Crippen LogP contribution >= 0.6 is 0 Å². The number of fused-ring (bicyclic) bond motifs is 1. The van der Waals surface area contributed by atoms with E-state index in [1.165, 1.54) is 20.8 Å². The van der Waals surface area contributed by atoms with Gasteiger partial charge in [-0.1, -0.05) is 32.9 Å². The molecular formula is C25H36FN5O5. The van der Waals surface area contributed by atoms with E-state index in [2.05, 4.69) is 10.6 Å². The molecule has 0 aliphatic carbocycles. The molecule has 1 aromatic rings. The van der Waals surface area contributed by atoms with Crippen LogP contribution in [0.5, 0.6) is 0 Å². The van der Waals surface area contributed by atoms with Crippen molar-refractivity contribution in [2.75, 3.05) is 19.6 Å². The van der Waals surface area contributed by atoms with Crippen LogP contribution in [0.15, 0.2) is 18.2 Å². The second-order valence-electron chi connectivity index (χ2n) is 11.5. The lowest BCUT2D eigenvalue weighted by Gasteiger charge is -2.43. The van der Waals surface area contributed by atoms with Gasteiger partial charge in [0, 0.05) is 30.7 Å². The van der Waals surface area contributed by atoms with E-state index in [1.807, 2.05) is 41.5 Å². The Morgan fingerprint density at radius 1 is 1.03 bits per heavy atom. The Balaban J connectivity index is 1.73. The third kappa shape index (κ3) is 6.06. The predicted octanol–water partition coefficient (Wildman–Crippen LogP) is 2.37. The molecule has 198 valence electrons. The molecule has 5 amide bonds. The fourth-order valence-electron chi connectivity index (χ4n) is 4.46. The van der Waals surface area contributed by atoms with Crippen molar-refractivity contribution in [3.05, 3.63) is 35.1 Å². The molecule has 2 atom stereocenters. The van der Waals surface area contributed by atoms with Crippen LogP contribution in [0.1, 0.15) is 52.7 Å². The number of carbonyl (C=O) groups excluding carboxylic acids is 3. The fraction of sp³-hybridized carbons (Fsp3) is 0.600. The minimum Gasteiger partial charge on any atom is -0.480 e. The van der Waals surface area contributed by atoms with Gasteiger partial charge < -0.3 is 30.4 Å². The molecule has 0 saturated carbocycles. The molecule has 3 N–H and O–H groups in total. The first-order valence-electron chi connectivity index (χ1n) is 12.0. The van der Waals surface area contributed by atoms with Crippen LogP contribution in [0.4, 0.5) is 14.0 Å². The third-order valence-electron chi connectivity index (χ3n) is 6.30. The maximum Gasteiger partial charge on any atom is 0.328 e. The highest BCUT2D eigenvalue weighted by molar-refractivity contribution is 5.89. The quantitative estimate of drug-likeness (QED) is 0.582. The fourth-order valence-corrected chi connectivity index (χ4v) is 4.46. The van der Waals surface area contributed by atoms with E-state index < -0.39 is 52.8 Å². The van der Waals surface area contributed by atoms with Crippen molar-refractivity contribution in [2.45, 2.75) is 72.3 Å². The highest BCUT2D eigenvalue weighted by Gasteiger charge is 2.43. The number of hydrogen-bond donors (Lipinski definition) is 3. The van der Waals surface area contributed by atoms with Crippen LogP contribution in [0.25, 0.3) is 0 Å². The number of hydrogen-bond acceptors (Lipinski definition) is 4. The number of halogens is 1. The highest BCUT2D eigenvalue weighted by Crippen LogP contribution is 2.28. The molecule has 1 fully saturated rings. The average molecular weight is 506 g/mol. The van der Waals surface area contributed by atoms with Crippen molar-refractivity contribution in [3.63, 3.8) is 0 Å². The number of carbonyl (C=O) groups is 4. The summed E-state index contributed by atoms with van der Waals surface area (Å²) in [5.41, 5.74) is -0.0341. The number of aliphatic carboxylic acids is 1. The molecule has 0 bridgehead atoms. The summed E-state index contributed by atoms with van der Waals surface area (Å²) in [6, 6.07) is 1.46. The molecule has 0 aromatic heterocycles. The number of nitrogens with one attached hydrogen (secondary N) is 2. The molecule has 10 nitrogen and oxygen atoms in total. The SMILES string of the molecule is CC(C)(C)NC(=O)NC(C(=O)N1CCN(C(=O)N2Cc3cccc(F)c3C2)C(C(=O)O)C1)C(C)(C)C. The summed E-state index contributed by atoms with van der Waals surface area (Å²) in [7, 11) is 0. The van der Waals surface area contributed by atoms with Gasteiger partial charge in [0.05, 0.1) is 13.1 Å². The number of amides is 5. The van der Waals surface area contributed by atoms with Gasteiger partial charge in [-0.05, 0) is 37.8 Å². The van der Waals surface area contributed by atoms with Crippen molar-refractivity contribution in [1.29, 1.82) is 0 Å². The first kappa shape index (κ1) is 27.2. The van der Waals surface area contributed by atoms with Gasteiger partial charge in [0.15, 0.2) is 0 Å². The van der Waals surface area contributed by atoms with Gasteiger partial charge >= 0.3 is 18.0 Å². The molecule has 0 spiro atoms. The van der Waals surface area contributed by atoms with Crippen LogP contribution in [0, 0.1) is 11.2 Å². The van der Waals surface area contributed by atoms with E-state index >= 15 is 0 Å². The van der Waals surface area contributed by atoms with Crippen molar-refractivity contribution in [3.8, 4) is 0 Å². The largest absolute Gasteiger partial charge is 0.480 e. The Morgan fingerprint density at radius 3 is 2.25 bits per heavy atom. The number of nitrogens with zero attached hydrogens (tertiary/aromatic N) is 3. The smallest absolute Gasteiger partial charge is 0.328 e. The summed E-state index contributed by atoms with van der Waals surface area (Å²) in [6.45, 7) is 11.0. The molecule has 2 unspecified atom stereocenters. The minimum atomic E-state index is -1.27. The molecule has 11 heteroatoms. The van der Waals surface area contributed by atoms with Gasteiger partial charge in [0.25, 0.3) is 0 Å². The van der Waals surface area contributed by atoms with Gasteiger partial charge in [-0.15, -0.1) is 0 Å². The van der Waals surface area contributed by atoms with Crippen molar-refractivity contribution < 1.29 is 28.7 Å². The van der Waals surface area contributed by atoms with Gasteiger partial charge in [-0.3, -0.25) is 4.79 Å². The minimum absolute atomic E-state index is 0.00190. The lowest BCUT2D eigenvalue weighted by Crippen LogP contribution is -2.65. The third-order valence-corrected chi connectivity index (χ3v) is 6.30. The van der Waals surface area contributed by atoms with Gasteiger partial charge in [0.1, 0.15) is 17.9 Å². The standard InChI is InChI=1S/C25H36FN5O5/c1-24(2,3)19(27-22(35)28-25(4,5)6)20(32)29-10-11-31(18(14-29)21(33)34)23(36)30-12-15-8-7-9-17(26)16(15)13-30/h7-9,18-19H,10-14H2,1-6H3,(H,33,34)(H2,27,28,35). The highest BCUT2D eigenvalue weighted by atomic mass is 19.1. The number of urea groups is 2. The molecule has 2 aliphatic heterocycles. The Bertz CT molecular complexity index is 1050. The second kappa shape index (κ2) is 9.94. The van der Waals surface area contributed by atoms with Gasteiger partial charge in [-0.25, -0.2) is 18.8 Å². The van der Waals surface area contributed by atoms with Crippen molar-refractivity contribution in [1.82, 2.24) is 25.3 Å². The number of benzene rings is 1. The van der Waals surface area contributed by atoms with Crippen LogP contribution in [-0.2, 0) is 22.7 Å². The summed E-state index contributed by atoms with van der Waals surface area (Å²) in [5.74, 6) is -2.06. The molecule has 1 aromatic carbocycles. The summed E-state index contributed by atoms with van der Waals surface area (Å²) >= 11 is 0. The number of carboxylic acids is 1. The zero-order valence-corrected chi connectivity index (χ0v) is 21.7. The lowest BCUT2D eigenvalue weighted by atomic mass is 9.85. The molecule has 36 heavy (non-hydrogen) atoms. The van der Waals surface area contributed by atoms with Crippen LogP contribution < -0.4 is 10.6 Å². The van der Waals surface area contributed by atoms with Crippen molar-refractivity contribution >= 4 is 23.9 Å². The summed E-state index contributed by atoms with van der Waals surface area (Å²) in [6.07, 6.45) is 0. The zero-order chi connectivity index (χ0) is 27.0. The van der Waals surface area contributed by atoms with Crippen molar-refractivity contribution in [2.24, 2.45) is 5.41 Å². The Kier molecular flexibility index (Phi) is 7.52. The molecular weight excluding hydrogens is 469 g/mol. The number of rotatable bonds is 3.